The number of rotatable bonds is 6. The number of piperidine rings is 1. The number of primary amides is 1. The molecule has 1 aromatic rings. The van der Waals surface area contributed by atoms with E-state index in [-0.39, 0.29) is 17.9 Å². The summed E-state index contributed by atoms with van der Waals surface area (Å²) in [6.07, 6.45) is 4.30. The first-order valence-electron chi connectivity index (χ1n) is 8.42. The number of carbonyl (C=O) groups excluding carboxylic acids is 2. The van der Waals surface area contributed by atoms with E-state index in [0.29, 0.717) is 13.0 Å². The number of para-hydroxylation sites is 1. The molecule has 1 fully saturated rings. The molecule has 5 heteroatoms. The van der Waals surface area contributed by atoms with Crippen LogP contribution in [0.15, 0.2) is 18.2 Å². The molecule has 0 spiro atoms. The Balaban J connectivity index is 2.02. The van der Waals surface area contributed by atoms with Crippen molar-refractivity contribution in [1.29, 1.82) is 0 Å². The van der Waals surface area contributed by atoms with Crippen LogP contribution in [-0.4, -0.2) is 35.8 Å². The lowest BCUT2D eigenvalue weighted by molar-refractivity contribution is -0.122. The summed E-state index contributed by atoms with van der Waals surface area (Å²) in [5.74, 6) is -0.320. The van der Waals surface area contributed by atoms with Crippen molar-refractivity contribution in [3.63, 3.8) is 0 Å². The zero-order chi connectivity index (χ0) is 16.8. The molecular weight excluding hydrogens is 290 g/mol. The predicted octanol–water partition coefficient (Wildman–Crippen LogP) is 2.23. The molecule has 1 heterocycles. The zero-order valence-corrected chi connectivity index (χ0v) is 14.1. The van der Waals surface area contributed by atoms with Gasteiger partial charge in [0.05, 0.1) is 6.54 Å². The lowest BCUT2D eigenvalue weighted by Crippen LogP contribution is -2.45. The topological polar surface area (TPSA) is 75.4 Å². The number of amides is 2. The highest BCUT2D eigenvalue weighted by Crippen LogP contribution is 2.22. The number of likely N-dealkylation sites (tertiary alicyclic amines) is 1. The first-order chi connectivity index (χ1) is 11.0. The molecule has 5 nitrogen and oxygen atoms in total. The standard InChI is InChI=1S/C18H27N3O2/c1-3-14-8-6-7-13(2)18(14)20-17(23)12-21-10-5-4-9-15(21)11-16(19)22/h6-8,15H,3-5,9-12H2,1-2H3,(H2,19,22)(H,20,23)/t15-/m0/s1. The largest absolute Gasteiger partial charge is 0.370 e. The van der Waals surface area contributed by atoms with Crippen LogP contribution in [0, 0.1) is 6.92 Å². The third kappa shape index (κ3) is 4.79. The first kappa shape index (κ1) is 17.5. The van der Waals surface area contributed by atoms with E-state index >= 15 is 0 Å². The molecule has 1 saturated heterocycles. The maximum absolute atomic E-state index is 12.5. The molecule has 23 heavy (non-hydrogen) atoms. The number of benzene rings is 1. The summed E-state index contributed by atoms with van der Waals surface area (Å²) in [7, 11) is 0. The van der Waals surface area contributed by atoms with Crippen LogP contribution in [0.5, 0.6) is 0 Å². The van der Waals surface area contributed by atoms with Gasteiger partial charge in [0.15, 0.2) is 0 Å². The molecule has 3 N–H and O–H groups in total. The lowest BCUT2D eigenvalue weighted by atomic mass is 9.99. The fraction of sp³-hybridized carbons (Fsp3) is 0.556. The molecule has 0 saturated carbocycles. The van der Waals surface area contributed by atoms with Gasteiger partial charge in [-0.3, -0.25) is 14.5 Å². The van der Waals surface area contributed by atoms with Crippen molar-refractivity contribution in [3.8, 4) is 0 Å². The van der Waals surface area contributed by atoms with Gasteiger partial charge in [0.1, 0.15) is 0 Å². The van der Waals surface area contributed by atoms with E-state index in [1.165, 1.54) is 0 Å². The number of hydrogen-bond acceptors (Lipinski definition) is 3. The zero-order valence-electron chi connectivity index (χ0n) is 14.1. The number of anilines is 1. The van der Waals surface area contributed by atoms with E-state index in [4.69, 9.17) is 5.73 Å². The van der Waals surface area contributed by atoms with E-state index in [9.17, 15) is 9.59 Å². The Hall–Kier alpha value is -1.88. The van der Waals surface area contributed by atoms with Crippen LogP contribution in [0.4, 0.5) is 5.69 Å². The highest BCUT2D eigenvalue weighted by atomic mass is 16.2. The van der Waals surface area contributed by atoms with Gasteiger partial charge in [-0.05, 0) is 43.9 Å². The van der Waals surface area contributed by atoms with Crippen molar-refractivity contribution in [2.45, 2.75) is 52.0 Å². The van der Waals surface area contributed by atoms with Crippen LogP contribution in [0.2, 0.25) is 0 Å². The minimum atomic E-state index is -0.297. The summed E-state index contributed by atoms with van der Waals surface area (Å²) < 4.78 is 0. The summed E-state index contributed by atoms with van der Waals surface area (Å²) in [4.78, 5) is 25.8. The van der Waals surface area contributed by atoms with Crippen molar-refractivity contribution in [1.82, 2.24) is 4.90 Å². The summed E-state index contributed by atoms with van der Waals surface area (Å²) in [6.45, 7) is 5.25. The Kier molecular flexibility index (Phi) is 6.16. The van der Waals surface area contributed by atoms with Gasteiger partial charge in [0.25, 0.3) is 0 Å². The molecule has 2 amide bonds. The van der Waals surface area contributed by atoms with Crippen LogP contribution in [0.1, 0.15) is 43.7 Å². The van der Waals surface area contributed by atoms with E-state index in [1.807, 2.05) is 25.1 Å². The third-order valence-electron chi connectivity index (χ3n) is 4.54. The van der Waals surface area contributed by atoms with Crippen LogP contribution in [-0.2, 0) is 16.0 Å². The number of nitrogens with zero attached hydrogens (tertiary/aromatic N) is 1. The normalized spacial score (nSPS) is 18.6. The average Bonchev–Trinajstić information content (AvgIpc) is 2.50. The van der Waals surface area contributed by atoms with E-state index < -0.39 is 0 Å². The number of nitrogens with two attached hydrogens (primary N) is 1. The van der Waals surface area contributed by atoms with Crippen molar-refractivity contribution in [2.75, 3.05) is 18.4 Å². The monoisotopic (exact) mass is 317 g/mol. The van der Waals surface area contributed by atoms with Crippen molar-refractivity contribution >= 4 is 17.5 Å². The maximum atomic E-state index is 12.5. The molecule has 1 atom stereocenters. The third-order valence-corrected chi connectivity index (χ3v) is 4.54. The highest BCUT2D eigenvalue weighted by Gasteiger charge is 2.25. The molecule has 0 unspecified atom stereocenters. The van der Waals surface area contributed by atoms with Gasteiger partial charge in [-0.2, -0.15) is 0 Å². The Bertz CT molecular complexity index is 571. The van der Waals surface area contributed by atoms with Crippen molar-refractivity contribution in [3.05, 3.63) is 29.3 Å². The minimum Gasteiger partial charge on any atom is -0.370 e. The summed E-state index contributed by atoms with van der Waals surface area (Å²) >= 11 is 0. The van der Waals surface area contributed by atoms with Gasteiger partial charge in [-0.1, -0.05) is 31.5 Å². The van der Waals surface area contributed by atoms with E-state index in [0.717, 1.165) is 49.0 Å². The lowest BCUT2D eigenvalue weighted by Gasteiger charge is -2.34. The van der Waals surface area contributed by atoms with Gasteiger partial charge >= 0.3 is 0 Å². The molecule has 0 bridgehead atoms. The Morgan fingerprint density at radius 1 is 1.35 bits per heavy atom. The molecule has 2 rings (SSSR count). The van der Waals surface area contributed by atoms with Gasteiger partial charge < -0.3 is 11.1 Å². The summed E-state index contributed by atoms with van der Waals surface area (Å²) in [5.41, 5.74) is 8.47. The second-order valence-corrected chi connectivity index (χ2v) is 6.30. The fourth-order valence-corrected chi connectivity index (χ4v) is 3.30. The maximum Gasteiger partial charge on any atom is 0.238 e. The predicted molar refractivity (Wildman–Crippen MR) is 92.2 cm³/mol. The molecule has 126 valence electrons. The highest BCUT2D eigenvalue weighted by molar-refractivity contribution is 5.93. The van der Waals surface area contributed by atoms with Crippen LogP contribution in [0.25, 0.3) is 0 Å². The Morgan fingerprint density at radius 2 is 2.13 bits per heavy atom. The first-order valence-corrected chi connectivity index (χ1v) is 8.42. The number of hydrogen-bond donors (Lipinski definition) is 2. The quantitative estimate of drug-likeness (QED) is 0.845. The Morgan fingerprint density at radius 3 is 2.83 bits per heavy atom. The summed E-state index contributed by atoms with van der Waals surface area (Å²) in [6, 6.07) is 6.15. The minimum absolute atomic E-state index is 0.0228. The molecule has 0 aromatic heterocycles. The molecule has 0 aliphatic carbocycles. The molecule has 1 aliphatic rings. The van der Waals surface area contributed by atoms with Crippen molar-refractivity contribution in [2.24, 2.45) is 5.73 Å². The number of carbonyl (C=O) groups is 2. The molecule has 0 radical (unpaired) electrons. The van der Waals surface area contributed by atoms with E-state index in [1.54, 1.807) is 0 Å². The molecule has 1 aromatic carbocycles. The van der Waals surface area contributed by atoms with Crippen LogP contribution < -0.4 is 11.1 Å². The number of nitrogens with one attached hydrogen (secondary N) is 1. The molecular formula is C18H27N3O2. The smallest absolute Gasteiger partial charge is 0.238 e. The van der Waals surface area contributed by atoms with Crippen molar-refractivity contribution < 1.29 is 9.59 Å². The fourth-order valence-electron chi connectivity index (χ4n) is 3.30. The second-order valence-electron chi connectivity index (χ2n) is 6.30. The van der Waals surface area contributed by atoms with Gasteiger partial charge in [-0.15, -0.1) is 0 Å². The number of aryl methyl sites for hydroxylation is 2. The summed E-state index contributed by atoms with van der Waals surface area (Å²) in [5, 5.41) is 3.05. The molecule has 1 aliphatic heterocycles. The Labute approximate surface area is 138 Å². The van der Waals surface area contributed by atoms with Gasteiger partial charge in [-0.25, -0.2) is 0 Å². The van der Waals surface area contributed by atoms with Gasteiger partial charge in [0, 0.05) is 18.2 Å². The van der Waals surface area contributed by atoms with Gasteiger partial charge in [0.2, 0.25) is 11.8 Å². The SMILES string of the molecule is CCc1cccc(C)c1NC(=O)CN1CCCC[C@H]1CC(N)=O. The van der Waals surface area contributed by atoms with Crippen LogP contribution in [0.3, 0.4) is 0 Å². The average molecular weight is 317 g/mol. The second kappa shape index (κ2) is 8.11. The van der Waals surface area contributed by atoms with Crippen LogP contribution >= 0.6 is 0 Å². The van der Waals surface area contributed by atoms with E-state index in [2.05, 4.69) is 17.1 Å².